The van der Waals surface area contributed by atoms with Crippen molar-refractivity contribution in [1.29, 1.82) is 0 Å². The Hall–Kier alpha value is -2.27. The number of hydrogen-bond acceptors (Lipinski definition) is 2. The zero-order chi connectivity index (χ0) is 14.1. The van der Waals surface area contributed by atoms with E-state index in [1.54, 1.807) is 10.9 Å². The van der Waals surface area contributed by atoms with Gasteiger partial charge in [-0.2, -0.15) is 0 Å². The molecule has 102 valence electrons. The molecular weight excluding hydrogens is 262 g/mol. The molecule has 3 rings (SSSR count). The molecule has 1 heterocycles. The van der Waals surface area contributed by atoms with Crippen LogP contribution in [-0.4, -0.2) is 14.7 Å². The smallest absolute Gasteiger partial charge is 0.129 e. The van der Waals surface area contributed by atoms with Crippen molar-refractivity contribution in [3.8, 4) is 0 Å². The van der Waals surface area contributed by atoms with E-state index < -0.39 is 17.7 Å². The molecule has 5 heteroatoms. The first-order valence-corrected chi connectivity index (χ1v) is 6.18. The van der Waals surface area contributed by atoms with Crippen LogP contribution in [-0.2, 0) is 6.54 Å². The first-order chi connectivity index (χ1) is 9.65. The minimum Gasteiger partial charge on any atom is -0.386 e. The predicted octanol–water partition coefficient (Wildman–Crippen LogP) is 3.05. The number of benzene rings is 2. The number of imidazole rings is 1. The Morgan fingerprint density at radius 2 is 1.95 bits per heavy atom. The Bertz CT molecular complexity index is 754. The second kappa shape index (κ2) is 5.02. The van der Waals surface area contributed by atoms with Gasteiger partial charge < -0.3 is 9.67 Å². The van der Waals surface area contributed by atoms with Gasteiger partial charge in [-0.3, -0.25) is 0 Å². The summed E-state index contributed by atoms with van der Waals surface area (Å²) in [5, 5.41) is 10.1. The molecule has 0 bridgehead atoms. The fraction of sp³-hybridized carbons (Fsp3) is 0.133. The second-order valence-electron chi connectivity index (χ2n) is 4.57. The van der Waals surface area contributed by atoms with E-state index in [2.05, 4.69) is 4.98 Å². The maximum atomic E-state index is 13.6. The van der Waals surface area contributed by atoms with E-state index in [-0.39, 0.29) is 12.1 Å². The van der Waals surface area contributed by atoms with Crippen LogP contribution < -0.4 is 0 Å². The highest BCUT2D eigenvalue weighted by molar-refractivity contribution is 5.74. The summed E-state index contributed by atoms with van der Waals surface area (Å²) < 4.78 is 28.5. The number of rotatable bonds is 3. The largest absolute Gasteiger partial charge is 0.386 e. The third-order valence-electron chi connectivity index (χ3n) is 3.21. The van der Waals surface area contributed by atoms with Crippen LogP contribution in [0.1, 0.15) is 11.7 Å². The van der Waals surface area contributed by atoms with Crippen molar-refractivity contribution in [1.82, 2.24) is 9.55 Å². The molecule has 0 aliphatic rings. The molecule has 0 spiro atoms. The molecule has 3 nitrogen and oxygen atoms in total. The van der Waals surface area contributed by atoms with Gasteiger partial charge in [0, 0.05) is 5.56 Å². The van der Waals surface area contributed by atoms with Crippen LogP contribution in [0.25, 0.3) is 11.0 Å². The van der Waals surface area contributed by atoms with Crippen molar-refractivity contribution in [3.63, 3.8) is 0 Å². The Kier molecular flexibility index (Phi) is 3.20. The molecule has 0 amide bonds. The van der Waals surface area contributed by atoms with Crippen molar-refractivity contribution in [2.45, 2.75) is 12.6 Å². The van der Waals surface area contributed by atoms with Crippen molar-refractivity contribution in [2.75, 3.05) is 0 Å². The standard InChI is InChI=1S/C15H12F2N2O/c16-10-5-6-12(17)11(7-10)15(20)8-19-9-18-13-3-1-2-4-14(13)19/h1-7,9,15,20H,8H2. The number of hydrogen-bond donors (Lipinski definition) is 1. The highest BCUT2D eigenvalue weighted by Crippen LogP contribution is 2.22. The first-order valence-electron chi connectivity index (χ1n) is 6.18. The average molecular weight is 274 g/mol. The minimum absolute atomic E-state index is 0.0530. The molecule has 0 aliphatic carbocycles. The third kappa shape index (κ3) is 2.28. The molecule has 1 unspecified atom stereocenters. The van der Waals surface area contributed by atoms with Crippen LogP contribution in [0.5, 0.6) is 0 Å². The van der Waals surface area contributed by atoms with Gasteiger partial charge in [0.05, 0.1) is 30.0 Å². The minimum atomic E-state index is -1.14. The third-order valence-corrected chi connectivity index (χ3v) is 3.21. The van der Waals surface area contributed by atoms with Gasteiger partial charge in [-0.25, -0.2) is 13.8 Å². The Balaban J connectivity index is 1.92. The van der Waals surface area contributed by atoms with E-state index in [0.717, 1.165) is 29.2 Å². The van der Waals surface area contributed by atoms with Crippen molar-refractivity contribution < 1.29 is 13.9 Å². The zero-order valence-corrected chi connectivity index (χ0v) is 10.5. The van der Waals surface area contributed by atoms with Gasteiger partial charge in [-0.15, -0.1) is 0 Å². The predicted molar refractivity (Wildman–Crippen MR) is 71.1 cm³/mol. The Labute approximate surface area is 114 Å². The molecule has 1 atom stereocenters. The summed E-state index contributed by atoms with van der Waals surface area (Å²) >= 11 is 0. The highest BCUT2D eigenvalue weighted by atomic mass is 19.1. The van der Waals surface area contributed by atoms with E-state index >= 15 is 0 Å². The fourth-order valence-electron chi connectivity index (χ4n) is 2.21. The number of fused-ring (bicyclic) bond motifs is 1. The van der Waals surface area contributed by atoms with Gasteiger partial charge in [-0.05, 0) is 30.3 Å². The Morgan fingerprint density at radius 3 is 2.80 bits per heavy atom. The molecule has 20 heavy (non-hydrogen) atoms. The molecule has 2 aromatic carbocycles. The SMILES string of the molecule is OC(Cn1cnc2ccccc21)c1cc(F)ccc1F. The molecular formula is C15H12F2N2O. The van der Waals surface area contributed by atoms with Gasteiger partial charge >= 0.3 is 0 Å². The molecule has 0 radical (unpaired) electrons. The monoisotopic (exact) mass is 274 g/mol. The van der Waals surface area contributed by atoms with Gasteiger partial charge in [0.1, 0.15) is 11.6 Å². The topological polar surface area (TPSA) is 38.0 Å². The fourth-order valence-corrected chi connectivity index (χ4v) is 2.21. The molecule has 0 fully saturated rings. The number of aliphatic hydroxyl groups is 1. The van der Waals surface area contributed by atoms with Crippen molar-refractivity contribution in [3.05, 3.63) is 66.0 Å². The molecule has 3 aromatic rings. The normalized spacial score (nSPS) is 12.8. The van der Waals surface area contributed by atoms with Gasteiger partial charge in [0.25, 0.3) is 0 Å². The van der Waals surface area contributed by atoms with Crippen LogP contribution in [0, 0.1) is 11.6 Å². The van der Waals surface area contributed by atoms with E-state index in [1.165, 1.54) is 0 Å². The summed E-state index contributed by atoms with van der Waals surface area (Å²) in [6, 6.07) is 10.5. The van der Waals surface area contributed by atoms with Crippen LogP contribution in [0.4, 0.5) is 8.78 Å². The highest BCUT2D eigenvalue weighted by Gasteiger charge is 2.15. The lowest BCUT2D eigenvalue weighted by atomic mass is 10.1. The number of para-hydroxylation sites is 2. The van der Waals surface area contributed by atoms with Crippen molar-refractivity contribution >= 4 is 11.0 Å². The zero-order valence-electron chi connectivity index (χ0n) is 10.5. The van der Waals surface area contributed by atoms with Crippen molar-refractivity contribution in [2.24, 2.45) is 0 Å². The quantitative estimate of drug-likeness (QED) is 0.797. The van der Waals surface area contributed by atoms with Crippen LogP contribution in [0.15, 0.2) is 48.8 Å². The lowest BCUT2D eigenvalue weighted by Gasteiger charge is -2.13. The average Bonchev–Trinajstić information content (AvgIpc) is 2.85. The lowest BCUT2D eigenvalue weighted by molar-refractivity contribution is 0.153. The maximum Gasteiger partial charge on any atom is 0.129 e. The molecule has 1 N–H and O–H groups in total. The Morgan fingerprint density at radius 1 is 1.15 bits per heavy atom. The summed E-state index contributed by atoms with van der Waals surface area (Å²) in [5.41, 5.74) is 1.57. The van der Waals surface area contributed by atoms with Gasteiger partial charge in [-0.1, -0.05) is 12.1 Å². The van der Waals surface area contributed by atoms with E-state index in [1.807, 2.05) is 24.3 Å². The second-order valence-corrected chi connectivity index (χ2v) is 4.57. The van der Waals surface area contributed by atoms with E-state index in [4.69, 9.17) is 0 Å². The number of aliphatic hydroxyl groups excluding tert-OH is 1. The number of halogens is 2. The van der Waals surface area contributed by atoms with Gasteiger partial charge in [0.2, 0.25) is 0 Å². The maximum absolute atomic E-state index is 13.6. The first kappa shape index (κ1) is 12.7. The van der Waals surface area contributed by atoms with E-state index in [9.17, 15) is 13.9 Å². The summed E-state index contributed by atoms with van der Waals surface area (Å²) in [7, 11) is 0. The summed E-state index contributed by atoms with van der Waals surface area (Å²) in [5.74, 6) is -1.20. The summed E-state index contributed by atoms with van der Waals surface area (Å²) in [4.78, 5) is 4.19. The summed E-state index contributed by atoms with van der Waals surface area (Å²) in [6.07, 6.45) is 0.439. The molecule has 0 saturated carbocycles. The van der Waals surface area contributed by atoms with Gasteiger partial charge in [0.15, 0.2) is 0 Å². The lowest BCUT2D eigenvalue weighted by Crippen LogP contribution is -2.10. The number of nitrogens with zero attached hydrogens (tertiary/aromatic N) is 2. The van der Waals surface area contributed by atoms with Crippen LogP contribution in [0.2, 0.25) is 0 Å². The summed E-state index contributed by atoms with van der Waals surface area (Å²) in [6.45, 7) is 0.112. The molecule has 0 saturated heterocycles. The molecule has 1 aromatic heterocycles. The number of aromatic nitrogens is 2. The van der Waals surface area contributed by atoms with Crippen LogP contribution in [0.3, 0.4) is 0 Å². The van der Waals surface area contributed by atoms with Crippen LogP contribution >= 0.6 is 0 Å². The van der Waals surface area contributed by atoms with E-state index in [0.29, 0.717) is 0 Å². The molecule has 0 aliphatic heterocycles.